The van der Waals surface area contributed by atoms with Crippen LogP contribution in [0, 0.1) is 19.3 Å². The minimum atomic E-state index is -0.373. The first-order chi connectivity index (χ1) is 16.4. The van der Waals surface area contributed by atoms with E-state index in [0.717, 1.165) is 46.9 Å². The molecule has 2 aromatic rings. The van der Waals surface area contributed by atoms with Gasteiger partial charge in [0.15, 0.2) is 5.84 Å². The lowest BCUT2D eigenvalue weighted by atomic mass is 10.1. The quantitative estimate of drug-likeness (QED) is 0.326. The summed E-state index contributed by atoms with van der Waals surface area (Å²) in [6.45, 7) is 8.49. The molecule has 0 saturated carbocycles. The zero-order valence-electron chi connectivity index (χ0n) is 20.5. The highest BCUT2D eigenvalue weighted by Crippen LogP contribution is 2.31. The SMILES string of the molecule is CCCCCCCC1=NN2C(=N)C(=Cc3cc(C)n(-c4ccccc4CC)c3C)C(=O)N=C2S1. The summed E-state index contributed by atoms with van der Waals surface area (Å²) in [5, 5.41) is 16.3. The number of hydrazone groups is 1. The van der Waals surface area contributed by atoms with Gasteiger partial charge in [0, 0.05) is 17.1 Å². The zero-order chi connectivity index (χ0) is 24.2. The number of hydrogen-bond donors (Lipinski definition) is 1. The van der Waals surface area contributed by atoms with Crippen molar-refractivity contribution in [2.24, 2.45) is 10.1 Å². The van der Waals surface area contributed by atoms with E-state index in [4.69, 9.17) is 5.41 Å². The molecule has 4 rings (SSSR count). The Kier molecular flexibility index (Phi) is 7.51. The third-order valence-electron chi connectivity index (χ3n) is 6.37. The van der Waals surface area contributed by atoms with E-state index in [1.165, 1.54) is 48.0 Å². The molecule has 0 saturated heterocycles. The van der Waals surface area contributed by atoms with Gasteiger partial charge in [-0.2, -0.15) is 15.1 Å². The molecule has 0 radical (unpaired) electrons. The van der Waals surface area contributed by atoms with Gasteiger partial charge >= 0.3 is 0 Å². The number of para-hydroxylation sites is 1. The Bertz CT molecular complexity index is 1200. The highest BCUT2D eigenvalue weighted by Gasteiger charge is 2.35. The number of carbonyl (C=O) groups excluding carboxylic acids is 1. The minimum Gasteiger partial charge on any atom is -0.318 e. The molecular weight excluding hydrogens is 442 g/mol. The van der Waals surface area contributed by atoms with E-state index in [1.807, 2.05) is 6.07 Å². The van der Waals surface area contributed by atoms with E-state index in [-0.39, 0.29) is 17.3 Å². The molecule has 6 nitrogen and oxygen atoms in total. The Labute approximate surface area is 206 Å². The van der Waals surface area contributed by atoms with Crippen LogP contribution in [0.4, 0.5) is 0 Å². The van der Waals surface area contributed by atoms with Crippen molar-refractivity contribution in [2.45, 2.75) is 72.6 Å². The average molecular weight is 476 g/mol. The number of unbranched alkanes of at least 4 members (excludes halogenated alkanes) is 4. The Morgan fingerprint density at radius 2 is 1.85 bits per heavy atom. The average Bonchev–Trinajstić information content (AvgIpc) is 3.36. The zero-order valence-corrected chi connectivity index (χ0v) is 21.3. The van der Waals surface area contributed by atoms with Crippen molar-refractivity contribution >= 4 is 39.8 Å². The van der Waals surface area contributed by atoms with E-state index in [1.54, 1.807) is 6.08 Å². The number of amidine groups is 2. The summed E-state index contributed by atoms with van der Waals surface area (Å²) in [4.78, 5) is 17.1. The van der Waals surface area contributed by atoms with E-state index in [9.17, 15) is 4.79 Å². The Balaban J connectivity index is 1.58. The maximum absolute atomic E-state index is 12.9. The summed E-state index contributed by atoms with van der Waals surface area (Å²) in [6.07, 6.45) is 9.57. The summed E-state index contributed by atoms with van der Waals surface area (Å²) < 4.78 is 2.22. The van der Waals surface area contributed by atoms with Gasteiger partial charge in [-0.05, 0) is 74.2 Å². The molecule has 1 amide bonds. The molecule has 1 aromatic carbocycles. The summed E-state index contributed by atoms with van der Waals surface area (Å²) in [7, 11) is 0. The van der Waals surface area contributed by atoms with Crippen molar-refractivity contribution in [3.05, 3.63) is 58.4 Å². The molecule has 2 aliphatic heterocycles. The van der Waals surface area contributed by atoms with Crippen LogP contribution in [0.1, 0.15) is 74.9 Å². The first kappa shape index (κ1) is 24.2. The van der Waals surface area contributed by atoms with E-state index in [0.29, 0.717) is 5.17 Å². The van der Waals surface area contributed by atoms with E-state index in [2.05, 4.69) is 66.6 Å². The molecule has 3 heterocycles. The number of carbonyl (C=O) groups is 1. The molecule has 0 aliphatic carbocycles. The van der Waals surface area contributed by atoms with Crippen LogP contribution in [0.3, 0.4) is 0 Å². The topological polar surface area (TPSA) is 73.8 Å². The fourth-order valence-electron chi connectivity index (χ4n) is 4.50. The standard InChI is InChI=1S/C27H33N5OS/c1-5-7-8-9-10-15-24-30-32-25(28)22(26(33)29-27(32)34-24)17-21-16-18(3)31(19(21)4)23-14-12-11-13-20(23)6-2/h11-14,16-17,28H,5-10,15H2,1-4H3. The van der Waals surface area contributed by atoms with Crippen molar-refractivity contribution in [1.82, 2.24) is 9.58 Å². The number of fused-ring (bicyclic) bond motifs is 1. The summed E-state index contributed by atoms with van der Waals surface area (Å²) >= 11 is 1.42. The minimum absolute atomic E-state index is 0.0993. The normalized spacial score (nSPS) is 16.8. The first-order valence-electron chi connectivity index (χ1n) is 12.2. The smallest absolute Gasteiger partial charge is 0.283 e. The van der Waals surface area contributed by atoms with E-state index < -0.39 is 0 Å². The molecule has 1 aromatic heterocycles. The van der Waals surface area contributed by atoms with Gasteiger partial charge in [-0.3, -0.25) is 10.2 Å². The summed E-state index contributed by atoms with van der Waals surface area (Å²) in [5.41, 5.74) is 5.74. The molecule has 2 aliphatic rings. The fraction of sp³-hybridized carbons (Fsp3) is 0.407. The van der Waals surface area contributed by atoms with Crippen molar-refractivity contribution in [1.29, 1.82) is 5.41 Å². The van der Waals surface area contributed by atoms with Crippen LogP contribution >= 0.6 is 11.8 Å². The lowest BCUT2D eigenvalue weighted by molar-refractivity contribution is -0.114. The number of nitrogens with zero attached hydrogens (tertiary/aromatic N) is 4. The lowest BCUT2D eigenvalue weighted by Gasteiger charge is -2.20. The van der Waals surface area contributed by atoms with Crippen LogP contribution in [-0.2, 0) is 11.2 Å². The predicted octanol–water partition coefficient (Wildman–Crippen LogP) is 6.64. The largest absolute Gasteiger partial charge is 0.318 e. The number of thioether (sulfide) groups is 1. The van der Waals surface area contributed by atoms with Crippen LogP contribution < -0.4 is 0 Å². The lowest BCUT2D eigenvalue weighted by Crippen LogP contribution is -2.35. The third-order valence-corrected chi connectivity index (χ3v) is 7.34. The van der Waals surface area contributed by atoms with Crippen molar-refractivity contribution in [3.63, 3.8) is 0 Å². The van der Waals surface area contributed by atoms with Gasteiger partial charge in [0.05, 0.1) is 5.57 Å². The number of nitrogens with one attached hydrogen (secondary N) is 1. The molecule has 178 valence electrons. The molecule has 0 fully saturated rings. The molecule has 0 spiro atoms. The van der Waals surface area contributed by atoms with Crippen LogP contribution in [0.15, 0.2) is 46.0 Å². The van der Waals surface area contributed by atoms with Gasteiger partial charge in [-0.25, -0.2) is 0 Å². The number of aryl methyl sites for hydroxylation is 2. The molecular formula is C27H33N5OS. The Morgan fingerprint density at radius 1 is 1.09 bits per heavy atom. The van der Waals surface area contributed by atoms with Gasteiger partial charge in [-0.15, -0.1) is 0 Å². The van der Waals surface area contributed by atoms with Crippen molar-refractivity contribution in [2.75, 3.05) is 0 Å². The van der Waals surface area contributed by atoms with Gasteiger partial charge < -0.3 is 4.57 Å². The first-order valence-corrected chi connectivity index (χ1v) is 13.0. The molecule has 0 unspecified atom stereocenters. The number of benzene rings is 1. The van der Waals surface area contributed by atoms with Crippen molar-refractivity contribution < 1.29 is 4.79 Å². The Morgan fingerprint density at radius 3 is 2.62 bits per heavy atom. The van der Waals surface area contributed by atoms with Gasteiger partial charge in [-0.1, -0.05) is 57.7 Å². The summed E-state index contributed by atoms with van der Waals surface area (Å²) in [5.74, 6) is -0.274. The number of aromatic nitrogens is 1. The van der Waals surface area contributed by atoms with E-state index >= 15 is 0 Å². The van der Waals surface area contributed by atoms with Crippen LogP contribution in [-0.4, -0.2) is 31.5 Å². The highest BCUT2D eigenvalue weighted by molar-refractivity contribution is 8.26. The monoisotopic (exact) mass is 475 g/mol. The van der Waals surface area contributed by atoms with Crippen molar-refractivity contribution in [3.8, 4) is 5.69 Å². The second kappa shape index (κ2) is 10.6. The maximum Gasteiger partial charge on any atom is 0.283 e. The van der Waals surface area contributed by atoms with Gasteiger partial charge in [0.2, 0.25) is 5.17 Å². The Hall–Kier alpha value is -2.93. The second-order valence-electron chi connectivity index (χ2n) is 8.82. The number of aliphatic imine (C=N–C) groups is 1. The van der Waals surface area contributed by atoms with Crippen LogP contribution in [0.25, 0.3) is 11.8 Å². The number of hydrogen-bond acceptors (Lipinski definition) is 4. The number of rotatable bonds is 9. The molecule has 7 heteroatoms. The molecule has 0 atom stereocenters. The fourth-order valence-corrected chi connectivity index (χ4v) is 5.43. The second-order valence-corrected chi connectivity index (χ2v) is 9.86. The highest BCUT2D eigenvalue weighted by atomic mass is 32.2. The molecule has 0 bridgehead atoms. The van der Waals surface area contributed by atoms with Gasteiger partial charge in [0.25, 0.3) is 5.91 Å². The van der Waals surface area contributed by atoms with Gasteiger partial charge in [0.1, 0.15) is 5.04 Å². The summed E-state index contributed by atoms with van der Waals surface area (Å²) in [6, 6.07) is 10.4. The number of amides is 1. The third kappa shape index (κ3) is 4.80. The van der Waals surface area contributed by atoms with Crippen LogP contribution in [0.2, 0.25) is 0 Å². The molecule has 34 heavy (non-hydrogen) atoms. The molecule has 1 N–H and O–H groups in total. The van der Waals surface area contributed by atoms with Crippen LogP contribution in [0.5, 0.6) is 0 Å². The maximum atomic E-state index is 12.9. The predicted molar refractivity (Wildman–Crippen MR) is 143 cm³/mol.